The van der Waals surface area contributed by atoms with Crippen molar-refractivity contribution >= 4 is 81.1 Å². The molecule has 6 nitrogen and oxygen atoms in total. The van der Waals surface area contributed by atoms with Gasteiger partial charge < -0.3 is 21.7 Å². The van der Waals surface area contributed by atoms with Crippen molar-refractivity contribution in [3.8, 4) is 0 Å². The fourth-order valence-electron chi connectivity index (χ4n) is 2.21. The minimum Gasteiger partial charge on any atom is -0.339 e. The average molecular weight is 494 g/mol. The first-order chi connectivity index (χ1) is 13.6. The molecule has 1 unspecified atom stereocenters. The fourth-order valence-corrected chi connectivity index (χ4v) is 2.99. The Morgan fingerprint density at radius 3 is 2.21 bits per heavy atom. The summed E-state index contributed by atoms with van der Waals surface area (Å²) in [7, 11) is 0. The number of hydrogen-bond donors (Lipinski definition) is 4. The first-order valence-corrected chi connectivity index (χ1v) is 10.1. The molecule has 1 atom stereocenters. The number of alkyl halides is 3. The number of hydrogen-bond acceptors (Lipinski definition) is 4. The van der Waals surface area contributed by atoms with Gasteiger partial charge in [0.1, 0.15) is 6.17 Å². The summed E-state index contributed by atoms with van der Waals surface area (Å²) in [5, 5.41) is 8.49. The number of carbonyl (C=O) groups is 2. The SMILES string of the molecule is NCC(=O)c1ccc(NC(=S)NC(NC(=O)c2ccccc2Cl)C(Cl)(Cl)Cl)cc1. The Bertz CT molecular complexity index is 903. The van der Waals surface area contributed by atoms with Gasteiger partial charge in [0.2, 0.25) is 3.79 Å². The summed E-state index contributed by atoms with van der Waals surface area (Å²) in [6.45, 7) is -0.0806. The summed E-state index contributed by atoms with van der Waals surface area (Å²) in [6, 6.07) is 12.9. The highest BCUT2D eigenvalue weighted by Gasteiger charge is 2.35. The van der Waals surface area contributed by atoms with Gasteiger partial charge in [0.05, 0.1) is 17.1 Å². The Balaban J connectivity index is 2.06. The topological polar surface area (TPSA) is 96.2 Å². The van der Waals surface area contributed by atoms with E-state index >= 15 is 0 Å². The van der Waals surface area contributed by atoms with Crippen molar-refractivity contribution in [1.82, 2.24) is 10.6 Å². The summed E-state index contributed by atoms with van der Waals surface area (Å²) >= 11 is 29.2. The van der Waals surface area contributed by atoms with Gasteiger partial charge in [-0.2, -0.15) is 0 Å². The normalized spacial score (nSPS) is 12.0. The van der Waals surface area contributed by atoms with Crippen molar-refractivity contribution in [2.45, 2.75) is 9.96 Å². The van der Waals surface area contributed by atoms with E-state index in [-0.39, 0.29) is 28.0 Å². The van der Waals surface area contributed by atoms with E-state index in [2.05, 4.69) is 16.0 Å². The Morgan fingerprint density at radius 2 is 1.66 bits per heavy atom. The number of carbonyl (C=O) groups excluding carboxylic acids is 2. The zero-order valence-electron chi connectivity index (χ0n) is 14.7. The Labute approximate surface area is 193 Å². The summed E-state index contributed by atoms with van der Waals surface area (Å²) in [4.78, 5) is 24.0. The van der Waals surface area contributed by atoms with Gasteiger partial charge in [-0.15, -0.1) is 0 Å². The van der Waals surface area contributed by atoms with Crippen LogP contribution in [0.1, 0.15) is 20.7 Å². The molecule has 5 N–H and O–H groups in total. The number of halogens is 4. The Hall–Kier alpha value is -1.61. The molecule has 0 aliphatic rings. The van der Waals surface area contributed by atoms with Gasteiger partial charge >= 0.3 is 0 Å². The van der Waals surface area contributed by atoms with Crippen LogP contribution in [0.2, 0.25) is 5.02 Å². The molecule has 29 heavy (non-hydrogen) atoms. The van der Waals surface area contributed by atoms with E-state index in [4.69, 9.17) is 64.4 Å². The highest BCUT2D eigenvalue weighted by atomic mass is 35.6. The van der Waals surface area contributed by atoms with Gasteiger partial charge in [-0.3, -0.25) is 9.59 Å². The van der Waals surface area contributed by atoms with Gasteiger partial charge in [-0.1, -0.05) is 58.5 Å². The molecular weight excluding hydrogens is 478 g/mol. The molecule has 11 heteroatoms. The highest BCUT2D eigenvalue weighted by molar-refractivity contribution is 7.80. The standard InChI is InChI=1S/C18H16Cl4N4O2S/c19-13-4-2-1-3-12(13)15(28)25-16(18(20,21)22)26-17(29)24-11-7-5-10(6-8-11)14(27)9-23/h1-8,16H,9,23H2,(H,25,28)(H2,24,26,29). The first kappa shape index (κ1) is 23.7. The molecule has 0 saturated heterocycles. The van der Waals surface area contributed by atoms with Crippen LogP contribution in [0.25, 0.3) is 0 Å². The van der Waals surface area contributed by atoms with E-state index in [1.165, 1.54) is 6.07 Å². The lowest BCUT2D eigenvalue weighted by atomic mass is 10.1. The molecule has 0 aliphatic carbocycles. The second kappa shape index (κ2) is 10.4. The van der Waals surface area contributed by atoms with Crippen molar-refractivity contribution < 1.29 is 9.59 Å². The Morgan fingerprint density at radius 1 is 1.03 bits per heavy atom. The van der Waals surface area contributed by atoms with Crippen LogP contribution in [0.15, 0.2) is 48.5 Å². The maximum atomic E-state index is 12.5. The molecular formula is C18H16Cl4N4O2S. The lowest BCUT2D eigenvalue weighted by Crippen LogP contribution is -2.56. The van der Waals surface area contributed by atoms with E-state index in [1.54, 1.807) is 42.5 Å². The number of amides is 1. The molecule has 2 rings (SSSR count). The van der Waals surface area contributed by atoms with Crippen molar-refractivity contribution in [2.24, 2.45) is 5.73 Å². The van der Waals surface area contributed by atoms with Crippen LogP contribution in [0.4, 0.5) is 5.69 Å². The number of thiocarbonyl (C=S) groups is 1. The van der Waals surface area contributed by atoms with Gasteiger partial charge in [-0.25, -0.2) is 0 Å². The quantitative estimate of drug-likeness (QED) is 0.211. The van der Waals surface area contributed by atoms with Crippen LogP contribution in [0.3, 0.4) is 0 Å². The fraction of sp³-hybridized carbons (Fsp3) is 0.167. The van der Waals surface area contributed by atoms with Crippen LogP contribution in [0, 0.1) is 0 Å². The third kappa shape index (κ3) is 6.99. The van der Waals surface area contributed by atoms with Crippen LogP contribution < -0.4 is 21.7 Å². The summed E-state index contributed by atoms with van der Waals surface area (Å²) < 4.78 is -1.92. The maximum absolute atomic E-state index is 12.5. The smallest absolute Gasteiger partial charge is 0.254 e. The van der Waals surface area contributed by atoms with Gasteiger partial charge in [-0.05, 0) is 48.6 Å². The van der Waals surface area contributed by atoms with Crippen LogP contribution in [-0.4, -0.2) is 33.3 Å². The molecule has 0 radical (unpaired) electrons. The lowest BCUT2D eigenvalue weighted by Gasteiger charge is -2.28. The predicted molar refractivity (Wildman–Crippen MR) is 122 cm³/mol. The van der Waals surface area contributed by atoms with Gasteiger partial charge in [0, 0.05) is 11.3 Å². The maximum Gasteiger partial charge on any atom is 0.254 e. The largest absolute Gasteiger partial charge is 0.339 e. The van der Waals surface area contributed by atoms with E-state index in [9.17, 15) is 9.59 Å². The molecule has 0 bridgehead atoms. The first-order valence-electron chi connectivity index (χ1n) is 8.14. The highest BCUT2D eigenvalue weighted by Crippen LogP contribution is 2.29. The Kier molecular flexibility index (Phi) is 8.51. The summed E-state index contributed by atoms with van der Waals surface area (Å²) in [6.07, 6.45) is -1.16. The third-order valence-corrected chi connectivity index (χ3v) is 4.85. The average Bonchev–Trinajstić information content (AvgIpc) is 2.67. The molecule has 0 fully saturated rings. The molecule has 2 aromatic carbocycles. The molecule has 154 valence electrons. The van der Waals surface area contributed by atoms with Crippen molar-refractivity contribution in [3.63, 3.8) is 0 Å². The minimum absolute atomic E-state index is 0.0806. The molecule has 0 aliphatic heterocycles. The molecule has 0 spiro atoms. The van der Waals surface area contributed by atoms with Crippen LogP contribution >= 0.6 is 58.6 Å². The van der Waals surface area contributed by atoms with E-state index in [0.717, 1.165) is 0 Å². The zero-order chi connectivity index (χ0) is 21.6. The van der Waals surface area contributed by atoms with Gasteiger partial charge in [0.15, 0.2) is 10.9 Å². The van der Waals surface area contributed by atoms with Crippen molar-refractivity contribution in [3.05, 3.63) is 64.7 Å². The summed E-state index contributed by atoms with van der Waals surface area (Å²) in [5.74, 6) is -0.734. The lowest BCUT2D eigenvalue weighted by molar-refractivity contribution is 0.0933. The van der Waals surface area contributed by atoms with Gasteiger partial charge in [0.25, 0.3) is 5.91 Å². The number of benzene rings is 2. The zero-order valence-corrected chi connectivity index (χ0v) is 18.6. The van der Waals surface area contributed by atoms with Crippen LogP contribution in [-0.2, 0) is 0 Å². The monoisotopic (exact) mass is 492 g/mol. The molecule has 1 amide bonds. The number of anilines is 1. The number of rotatable bonds is 6. The molecule has 0 saturated carbocycles. The molecule has 2 aromatic rings. The minimum atomic E-state index is -1.92. The molecule has 0 aromatic heterocycles. The number of Topliss-reactive ketones (excluding diaryl/α,β-unsaturated/α-hetero) is 1. The third-order valence-electron chi connectivity index (χ3n) is 3.65. The van der Waals surface area contributed by atoms with Crippen molar-refractivity contribution in [1.29, 1.82) is 0 Å². The van der Waals surface area contributed by atoms with E-state index in [0.29, 0.717) is 11.3 Å². The number of nitrogens with two attached hydrogens (primary N) is 1. The summed E-state index contributed by atoms with van der Waals surface area (Å²) in [5.41, 5.74) is 6.61. The predicted octanol–water partition coefficient (Wildman–Crippen LogP) is 3.89. The van der Waals surface area contributed by atoms with Crippen molar-refractivity contribution in [2.75, 3.05) is 11.9 Å². The van der Waals surface area contributed by atoms with E-state index < -0.39 is 15.9 Å². The second-order valence-electron chi connectivity index (χ2n) is 5.73. The molecule has 0 heterocycles. The number of nitrogens with one attached hydrogen (secondary N) is 3. The van der Waals surface area contributed by atoms with Crippen LogP contribution in [0.5, 0.6) is 0 Å². The number of ketones is 1. The van der Waals surface area contributed by atoms with E-state index in [1.807, 2.05) is 0 Å². The second-order valence-corrected chi connectivity index (χ2v) is 8.92.